The molecule has 0 saturated carbocycles. The van der Waals surface area contributed by atoms with E-state index in [1.54, 1.807) is 0 Å². The van der Waals surface area contributed by atoms with E-state index in [2.05, 4.69) is 0 Å². The summed E-state index contributed by atoms with van der Waals surface area (Å²) in [6, 6.07) is 17.5. The molecule has 0 amide bonds. The molecule has 100 valence electrons. The lowest BCUT2D eigenvalue weighted by Gasteiger charge is -2.09. The first-order valence-electron chi connectivity index (χ1n) is 6.32. The van der Waals surface area contributed by atoms with Gasteiger partial charge in [0, 0.05) is 6.42 Å². The van der Waals surface area contributed by atoms with E-state index in [1.807, 2.05) is 54.6 Å². The third-order valence-corrected chi connectivity index (χ3v) is 2.85. The summed E-state index contributed by atoms with van der Waals surface area (Å²) in [6.07, 6.45) is -0.244. The van der Waals surface area contributed by atoms with Gasteiger partial charge in [0.2, 0.25) is 0 Å². The minimum atomic E-state index is -0.698. The summed E-state index contributed by atoms with van der Waals surface area (Å²) in [5.74, 6) is 0.797. The van der Waals surface area contributed by atoms with Crippen molar-refractivity contribution in [2.75, 3.05) is 6.61 Å². The summed E-state index contributed by atoms with van der Waals surface area (Å²) in [4.78, 5) is 0. The fourth-order valence-electron chi connectivity index (χ4n) is 1.80. The zero-order valence-corrected chi connectivity index (χ0v) is 10.7. The van der Waals surface area contributed by atoms with E-state index in [4.69, 9.17) is 9.84 Å². The lowest BCUT2D eigenvalue weighted by atomic mass is 10.1. The monoisotopic (exact) mass is 258 g/mol. The van der Waals surface area contributed by atoms with Crippen molar-refractivity contribution in [3.8, 4) is 5.75 Å². The third-order valence-electron chi connectivity index (χ3n) is 2.85. The maximum absolute atomic E-state index is 9.35. The van der Waals surface area contributed by atoms with E-state index in [0.29, 0.717) is 13.0 Å². The standard InChI is InChI=1S/C16H18O3/c17-11-15(18)10-13-6-8-16(9-7-13)19-12-14-4-2-1-3-5-14/h1-9,15,17-18H,10-12H2/t15-/m1/s1. The SMILES string of the molecule is OC[C@H](O)Cc1ccc(OCc2ccccc2)cc1. The van der Waals surface area contributed by atoms with Crippen molar-refractivity contribution in [3.05, 3.63) is 65.7 Å². The third kappa shape index (κ3) is 4.39. The normalized spacial score (nSPS) is 12.1. The molecule has 0 aromatic heterocycles. The van der Waals surface area contributed by atoms with Gasteiger partial charge in [0.05, 0.1) is 12.7 Å². The Morgan fingerprint density at radius 2 is 1.58 bits per heavy atom. The van der Waals surface area contributed by atoms with Gasteiger partial charge in [-0.05, 0) is 23.3 Å². The Bertz CT molecular complexity index is 479. The smallest absolute Gasteiger partial charge is 0.119 e. The molecule has 3 nitrogen and oxygen atoms in total. The fourth-order valence-corrected chi connectivity index (χ4v) is 1.80. The van der Waals surface area contributed by atoms with E-state index in [-0.39, 0.29) is 6.61 Å². The van der Waals surface area contributed by atoms with Crippen molar-refractivity contribution in [1.82, 2.24) is 0 Å². The van der Waals surface area contributed by atoms with E-state index in [0.717, 1.165) is 16.9 Å². The summed E-state index contributed by atoms with van der Waals surface area (Å²) in [5.41, 5.74) is 2.11. The highest BCUT2D eigenvalue weighted by Crippen LogP contribution is 2.15. The Kier molecular flexibility index (Phi) is 4.95. The molecule has 1 atom stereocenters. The largest absolute Gasteiger partial charge is 0.489 e. The van der Waals surface area contributed by atoms with E-state index in [9.17, 15) is 5.11 Å². The first-order chi connectivity index (χ1) is 9.28. The Morgan fingerprint density at radius 3 is 2.21 bits per heavy atom. The van der Waals surface area contributed by atoms with Gasteiger partial charge in [0.1, 0.15) is 12.4 Å². The molecule has 0 heterocycles. The molecule has 2 aromatic carbocycles. The molecule has 0 aliphatic rings. The van der Waals surface area contributed by atoms with Crippen LogP contribution in [0.15, 0.2) is 54.6 Å². The molecule has 0 spiro atoms. The molecule has 3 heteroatoms. The highest BCUT2D eigenvalue weighted by Gasteiger charge is 2.03. The summed E-state index contributed by atoms with van der Waals surface area (Å²) in [6.45, 7) is 0.325. The maximum Gasteiger partial charge on any atom is 0.119 e. The molecule has 0 radical (unpaired) electrons. The van der Waals surface area contributed by atoms with Crippen molar-refractivity contribution < 1.29 is 14.9 Å². The van der Waals surface area contributed by atoms with Gasteiger partial charge < -0.3 is 14.9 Å². The number of rotatable bonds is 6. The zero-order chi connectivity index (χ0) is 13.5. The lowest BCUT2D eigenvalue weighted by molar-refractivity contribution is 0.0955. The van der Waals surface area contributed by atoms with Gasteiger partial charge >= 0.3 is 0 Å². The molecule has 2 aromatic rings. The topological polar surface area (TPSA) is 49.7 Å². The van der Waals surface area contributed by atoms with Crippen LogP contribution in [0.2, 0.25) is 0 Å². The zero-order valence-electron chi connectivity index (χ0n) is 10.7. The number of hydrogen-bond acceptors (Lipinski definition) is 3. The van der Waals surface area contributed by atoms with Gasteiger partial charge in [-0.2, -0.15) is 0 Å². The highest BCUT2D eigenvalue weighted by molar-refractivity contribution is 5.28. The van der Waals surface area contributed by atoms with Gasteiger partial charge in [0.15, 0.2) is 0 Å². The van der Waals surface area contributed by atoms with Crippen LogP contribution >= 0.6 is 0 Å². The molecule has 0 fully saturated rings. The molecule has 2 N–H and O–H groups in total. The molecular formula is C16H18O3. The van der Waals surface area contributed by atoms with Crippen LogP contribution in [0.1, 0.15) is 11.1 Å². The minimum absolute atomic E-state index is 0.216. The Labute approximate surface area is 113 Å². The van der Waals surface area contributed by atoms with Crippen LogP contribution in [-0.4, -0.2) is 22.9 Å². The number of benzene rings is 2. The average Bonchev–Trinajstić information content (AvgIpc) is 2.47. The minimum Gasteiger partial charge on any atom is -0.489 e. The van der Waals surface area contributed by atoms with E-state index in [1.165, 1.54) is 0 Å². The highest BCUT2D eigenvalue weighted by atomic mass is 16.5. The summed E-state index contributed by atoms with van der Waals surface area (Å²) in [7, 11) is 0. The van der Waals surface area contributed by atoms with Crippen LogP contribution in [0.4, 0.5) is 0 Å². The Morgan fingerprint density at radius 1 is 0.895 bits per heavy atom. The van der Waals surface area contributed by atoms with Gasteiger partial charge in [-0.15, -0.1) is 0 Å². The predicted molar refractivity (Wildman–Crippen MR) is 74.0 cm³/mol. The van der Waals surface area contributed by atoms with Crippen LogP contribution in [0.25, 0.3) is 0 Å². The molecule has 0 saturated heterocycles. The Balaban J connectivity index is 1.88. The maximum atomic E-state index is 9.35. The van der Waals surface area contributed by atoms with Crippen molar-refractivity contribution in [2.45, 2.75) is 19.1 Å². The molecule has 19 heavy (non-hydrogen) atoms. The quantitative estimate of drug-likeness (QED) is 0.834. The number of ether oxygens (including phenoxy) is 1. The first kappa shape index (κ1) is 13.6. The van der Waals surface area contributed by atoms with E-state index < -0.39 is 6.10 Å². The second-order valence-corrected chi connectivity index (χ2v) is 4.46. The summed E-state index contributed by atoms with van der Waals surface area (Å²) < 4.78 is 5.67. The Hall–Kier alpha value is -1.84. The molecule has 2 rings (SSSR count). The van der Waals surface area contributed by atoms with Gasteiger partial charge in [0.25, 0.3) is 0 Å². The van der Waals surface area contributed by atoms with Gasteiger partial charge in [-0.1, -0.05) is 42.5 Å². The van der Waals surface area contributed by atoms with Gasteiger partial charge in [-0.3, -0.25) is 0 Å². The second kappa shape index (κ2) is 6.92. The van der Waals surface area contributed by atoms with Crippen LogP contribution in [-0.2, 0) is 13.0 Å². The molecular weight excluding hydrogens is 240 g/mol. The van der Waals surface area contributed by atoms with Crippen molar-refractivity contribution in [1.29, 1.82) is 0 Å². The van der Waals surface area contributed by atoms with Crippen molar-refractivity contribution >= 4 is 0 Å². The van der Waals surface area contributed by atoms with Crippen LogP contribution in [0.5, 0.6) is 5.75 Å². The molecule has 0 aliphatic carbocycles. The molecule has 0 bridgehead atoms. The summed E-state index contributed by atoms with van der Waals surface area (Å²) >= 11 is 0. The number of hydrogen-bond donors (Lipinski definition) is 2. The molecule has 0 unspecified atom stereocenters. The first-order valence-corrected chi connectivity index (χ1v) is 6.32. The van der Waals surface area contributed by atoms with Crippen LogP contribution in [0, 0.1) is 0 Å². The average molecular weight is 258 g/mol. The van der Waals surface area contributed by atoms with Gasteiger partial charge in [-0.25, -0.2) is 0 Å². The number of aliphatic hydroxyl groups is 2. The van der Waals surface area contributed by atoms with Crippen molar-refractivity contribution in [3.63, 3.8) is 0 Å². The predicted octanol–water partition coefficient (Wildman–Crippen LogP) is 2.16. The van der Waals surface area contributed by atoms with Crippen LogP contribution in [0.3, 0.4) is 0 Å². The van der Waals surface area contributed by atoms with Crippen molar-refractivity contribution in [2.24, 2.45) is 0 Å². The van der Waals surface area contributed by atoms with E-state index >= 15 is 0 Å². The summed E-state index contributed by atoms with van der Waals surface area (Å²) in [5, 5.41) is 18.1. The fraction of sp³-hybridized carbons (Fsp3) is 0.250. The van der Waals surface area contributed by atoms with Crippen LogP contribution < -0.4 is 4.74 Å². The molecule has 0 aliphatic heterocycles. The second-order valence-electron chi connectivity index (χ2n) is 4.46. The number of aliphatic hydroxyl groups excluding tert-OH is 2. The lowest BCUT2D eigenvalue weighted by Crippen LogP contribution is -2.14.